The van der Waals surface area contributed by atoms with Gasteiger partial charge in [-0.25, -0.2) is 17.9 Å². The average molecular weight is 618 g/mol. The molecule has 0 radical (unpaired) electrons. The molecular weight excluding hydrogens is 562 g/mol. The topological polar surface area (TPSA) is 119 Å². The lowest BCUT2D eigenvalue weighted by Gasteiger charge is -2.64. The smallest absolute Gasteiger partial charge is 0.328 e. The lowest BCUT2D eigenvalue weighted by atomic mass is 9.41. The summed E-state index contributed by atoms with van der Waals surface area (Å²) in [5.41, 5.74) is 1.09. The van der Waals surface area contributed by atoms with Gasteiger partial charge in [-0.15, -0.1) is 0 Å². The Kier molecular flexibility index (Phi) is 9.21. The maximum Gasteiger partial charge on any atom is 0.328 e. The first kappa shape index (κ1) is 32.6. The molecule has 0 aliphatic heterocycles. The molecule has 1 aromatic carbocycles. The van der Waals surface area contributed by atoms with Crippen LogP contribution >= 0.6 is 0 Å². The minimum atomic E-state index is -3.97. The van der Waals surface area contributed by atoms with E-state index in [0.717, 1.165) is 57.1 Å². The highest BCUT2D eigenvalue weighted by molar-refractivity contribution is 7.90. The Balaban J connectivity index is 1.21. The number of rotatable bonds is 8. The second kappa shape index (κ2) is 12.2. The Hall–Kier alpha value is -1.84. The van der Waals surface area contributed by atoms with E-state index in [1.54, 1.807) is 12.1 Å². The van der Waals surface area contributed by atoms with Gasteiger partial charge in [0.05, 0.1) is 17.1 Å². The highest BCUT2D eigenvalue weighted by Gasteiger charge is 2.64. The second-order valence-electron chi connectivity index (χ2n) is 15.1. The van der Waals surface area contributed by atoms with Gasteiger partial charge < -0.3 is 20.4 Å². The molecule has 4 fully saturated rings. The summed E-state index contributed by atoms with van der Waals surface area (Å²) >= 11 is 0. The van der Waals surface area contributed by atoms with Crippen LogP contribution in [0.15, 0.2) is 29.2 Å². The first-order chi connectivity index (χ1) is 20.2. The normalized spacial score (nSPS) is 39.6. The molecule has 9 heteroatoms. The number of benzene rings is 1. The molecule has 0 spiro atoms. The Bertz CT molecular complexity index is 1270. The number of carbonyl (C=O) groups excluding carboxylic acids is 1. The number of anilines is 1. The first-order valence-electron chi connectivity index (χ1n) is 16.7. The highest BCUT2D eigenvalue weighted by Crippen LogP contribution is 2.69. The van der Waals surface area contributed by atoms with Crippen molar-refractivity contribution in [1.29, 1.82) is 0 Å². The lowest BCUT2D eigenvalue weighted by Crippen LogP contribution is -2.62. The summed E-state index contributed by atoms with van der Waals surface area (Å²) in [5, 5.41) is 25.3. The summed E-state index contributed by atoms with van der Waals surface area (Å²) in [6.07, 6.45) is 8.58. The van der Waals surface area contributed by atoms with Crippen molar-refractivity contribution in [2.75, 3.05) is 25.5 Å². The Morgan fingerprint density at radius 1 is 1.05 bits per heavy atom. The zero-order chi connectivity index (χ0) is 31.3. The van der Waals surface area contributed by atoms with Gasteiger partial charge in [0, 0.05) is 26.3 Å². The van der Waals surface area contributed by atoms with Gasteiger partial charge in [0.2, 0.25) is 0 Å². The van der Waals surface area contributed by atoms with E-state index < -0.39 is 16.1 Å². The quantitative estimate of drug-likeness (QED) is 0.311. The molecule has 4 N–H and O–H groups in total. The van der Waals surface area contributed by atoms with Crippen LogP contribution in [0.5, 0.6) is 0 Å². The van der Waals surface area contributed by atoms with Gasteiger partial charge in [-0.1, -0.05) is 40.2 Å². The van der Waals surface area contributed by atoms with Crippen molar-refractivity contribution >= 4 is 21.7 Å². The van der Waals surface area contributed by atoms with E-state index in [1.165, 1.54) is 12.5 Å². The summed E-state index contributed by atoms with van der Waals surface area (Å²) in [6, 6.07) is 5.82. The summed E-state index contributed by atoms with van der Waals surface area (Å²) in [4.78, 5) is 14.5. The van der Waals surface area contributed by atoms with Gasteiger partial charge in [-0.2, -0.15) is 0 Å². The van der Waals surface area contributed by atoms with Gasteiger partial charge in [0.15, 0.2) is 0 Å². The van der Waals surface area contributed by atoms with Crippen LogP contribution in [0.3, 0.4) is 0 Å². The number of sulfonamides is 1. The van der Waals surface area contributed by atoms with E-state index >= 15 is 0 Å². The summed E-state index contributed by atoms with van der Waals surface area (Å²) in [7, 11) is -0.301. The number of nitrogens with zero attached hydrogens (tertiary/aromatic N) is 1. The fourth-order valence-corrected chi connectivity index (χ4v) is 11.7. The van der Waals surface area contributed by atoms with E-state index in [1.807, 2.05) is 25.1 Å². The zero-order valence-corrected chi connectivity index (χ0v) is 27.9. The maximum atomic E-state index is 12.8. The van der Waals surface area contributed by atoms with Crippen LogP contribution in [0.4, 0.5) is 10.5 Å². The van der Waals surface area contributed by atoms with Crippen LogP contribution in [0, 0.1) is 52.3 Å². The first-order valence-corrected chi connectivity index (χ1v) is 18.2. The van der Waals surface area contributed by atoms with Crippen molar-refractivity contribution in [3.05, 3.63) is 24.3 Å². The standard InChI is InChI=1S/C34H55N3O5S/c1-7-25-29-20-23(38)13-16-34(29,4)28-14-17-33(3)26(11-12-27(33)30(28)31(25)39)21(2)15-18-35-32(40)36-43(41,42)24-10-8-9-22(19-24)37(5)6/h8-10,19,21,23,25-31,38-39H,7,11-18,20H2,1-6H3,(H2,35,36,40)/t21-,23-,25-,26-,27+,28+,29+,30+,31-,33-,34-/m1/s1. The molecule has 0 bridgehead atoms. The van der Waals surface area contributed by atoms with Gasteiger partial charge in [0.1, 0.15) is 0 Å². The molecule has 4 saturated carbocycles. The van der Waals surface area contributed by atoms with Crippen molar-refractivity contribution in [2.45, 2.75) is 103 Å². The van der Waals surface area contributed by atoms with Crippen molar-refractivity contribution < 1.29 is 23.4 Å². The van der Waals surface area contributed by atoms with Crippen LogP contribution in [-0.2, 0) is 10.0 Å². The number of hydrogen-bond acceptors (Lipinski definition) is 6. The van der Waals surface area contributed by atoms with Gasteiger partial charge in [0.25, 0.3) is 10.0 Å². The molecule has 0 saturated heterocycles. The molecular formula is C34H55N3O5S. The van der Waals surface area contributed by atoms with Gasteiger partial charge in [-0.05, 0) is 122 Å². The monoisotopic (exact) mass is 617 g/mol. The molecule has 43 heavy (non-hydrogen) atoms. The molecule has 8 nitrogen and oxygen atoms in total. The SMILES string of the molecule is CC[C@H]1[C@@H](O)[C@@H]2[C@H](CC[C@]3(C)[C@@H]([C@H](C)CCNC(=O)NS(=O)(=O)c4cccc(N(C)C)c4)CC[C@@H]23)[C@@]2(C)CC[C@@H](O)C[C@@H]12. The van der Waals surface area contributed by atoms with E-state index in [4.69, 9.17) is 0 Å². The predicted octanol–water partition coefficient (Wildman–Crippen LogP) is 5.39. The second-order valence-corrected chi connectivity index (χ2v) is 16.8. The molecule has 4 aliphatic rings. The van der Waals surface area contributed by atoms with Crippen molar-refractivity contribution in [3.63, 3.8) is 0 Å². The Morgan fingerprint density at radius 2 is 1.74 bits per heavy atom. The van der Waals surface area contributed by atoms with Crippen molar-refractivity contribution in [1.82, 2.24) is 10.0 Å². The molecule has 0 heterocycles. The number of fused-ring (bicyclic) bond motifs is 5. The molecule has 11 atom stereocenters. The van der Waals surface area contributed by atoms with Gasteiger partial charge >= 0.3 is 6.03 Å². The number of aliphatic hydroxyl groups is 2. The number of nitrogens with one attached hydrogen (secondary N) is 2. The van der Waals surface area contributed by atoms with E-state index in [2.05, 4.69) is 37.7 Å². The van der Waals surface area contributed by atoms with E-state index in [-0.39, 0.29) is 33.9 Å². The summed E-state index contributed by atoms with van der Waals surface area (Å²) < 4.78 is 27.8. The van der Waals surface area contributed by atoms with Gasteiger partial charge in [-0.3, -0.25) is 0 Å². The minimum absolute atomic E-state index is 0.0579. The molecule has 0 unspecified atom stereocenters. The zero-order valence-electron chi connectivity index (χ0n) is 27.1. The lowest BCUT2D eigenvalue weighted by molar-refractivity contribution is -0.203. The Morgan fingerprint density at radius 3 is 2.44 bits per heavy atom. The van der Waals surface area contributed by atoms with Crippen LogP contribution in [0.25, 0.3) is 0 Å². The number of hydrogen-bond donors (Lipinski definition) is 4. The predicted molar refractivity (Wildman–Crippen MR) is 170 cm³/mol. The van der Waals surface area contributed by atoms with Crippen molar-refractivity contribution in [3.8, 4) is 0 Å². The number of urea groups is 1. The van der Waals surface area contributed by atoms with E-state index in [9.17, 15) is 23.4 Å². The molecule has 242 valence electrons. The number of carbonyl (C=O) groups is 1. The average Bonchev–Trinajstić information content (AvgIpc) is 3.31. The fourth-order valence-electron chi connectivity index (χ4n) is 10.7. The number of aliphatic hydroxyl groups excluding tert-OH is 2. The summed E-state index contributed by atoms with van der Waals surface area (Å²) in [6.45, 7) is 9.84. The molecule has 1 aromatic rings. The minimum Gasteiger partial charge on any atom is -0.393 e. The van der Waals surface area contributed by atoms with Crippen LogP contribution < -0.4 is 14.9 Å². The summed E-state index contributed by atoms with van der Waals surface area (Å²) in [5.74, 6) is 2.85. The fraction of sp³-hybridized carbons (Fsp3) is 0.794. The molecule has 2 amide bonds. The van der Waals surface area contributed by atoms with Crippen LogP contribution in [0.1, 0.15) is 85.5 Å². The molecule has 4 aliphatic carbocycles. The van der Waals surface area contributed by atoms with Crippen molar-refractivity contribution in [2.24, 2.45) is 52.3 Å². The maximum absolute atomic E-state index is 12.8. The van der Waals surface area contributed by atoms with E-state index in [0.29, 0.717) is 42.1 Å². The van der Waals surface area contributed by atoms with Crippen LogP contribution in [-0.4, -0.2) is 57.5 Å². The number of amides is 2. The third kappa shape index (κ3) is 5.83. The molecule has 5 rings (SSSR count). The highest BCUT2D eigenvalue weighted by atomic mass is 32.2. The third-order valence-corrected chi connectivity index (χ3v) is 14.2. The largest absolute Gasteiger partial charge is 0.393 e. The molecule has 0 aromatic heterocycles. The van der Waals surface area contributed by atoms with Crippen LogP contribution in [0.2, 0.25) is 0 Å². The Labute approximate surface area is 259 Å². The third-order valence-electron chi connectivity index (χ3n) is 12.9.